The van der Waals surface area contributed by atoms with Crippen LogP contribution in [0.25, 0.3) is 0 Å². The molecule has 1 aromatic carbocycles. The van der Waals surface area contributed by atoms with E-state index in [2.05, 4.69) is 34.4 Å². The number of nitrogens with zero attached hydrogens (tertiary/aromatic N) is 1. The lowest BCUT2D eigenvalue weighted by molar-refractivity contribution is -0.157. The molecule has 4 rings (SSSR count). The van der Waals surface area contributed by atoms with Crippen molar-refractivity contribution in [3.05, 3.63) is 35.9 Å². The number of morpholine rings is 1. The van der Waals surface area contributed by atoms with Crippen molar-refractivity contribution in [3.8, 4) is 0 Å². The highest BCUT2D eigenvalue weighted by Crippen LogP contribution is 2.50. The van der Waals surface area contributed by atoms with Gasteiger partial charge in [-0.2, -0.15) is 0 Å². The molecular formula is C18H22INO4. The number of carbonyl (C=O) groups is 1. The zero-order chi connectivity index (χ0) is 16.8. The average Bonchev–Trinajstić information content (AvgIpc) is 3.32. The average molecular weight is 443 g/mol. The molecule has 0 aromatic heterocycles. The summed E-state index contributed by atoms with van der Waals surface area (Å²) in [4.78, 5) is 15.1. The van der Waals surface area contributed by atoms with E-state index in [9.17, 15) is 9.90 Å². The van der Waals surface area contributed by atoms with Crippen molar-refractivity contribution >= 4 is 28.6 Å². The Labute approximate surface area is 155 Å². The number of piperidine rings is 1. The molecule has 0 saturated carbocycles. The third-order valence-electron chi connectivity index (χ3n) is 5.46. The Kier molecular flexibility index (Phi) is 4.57. The van der Waals surface area contributed by atoms with Crippen LogP contribution >= 0.6 is 22.6 Å². The minimum atomic E-state index is -0.601. The third-order valence-corrected chi connectivity index (χ3v) is 6.10. The Morgan fingerprint density at radius 3 is 2.50 bits per heavy atom. The van der Waals surface area contributed by atoms with Gasteiger partial charge in [-0.1, -0.05) is 52.9 Å². The molecule has 6 heteroatoms. The van der Waals surface area contributed by atoms with Gasteiger partial charge in [-0.05, 0) is 12.5 Å². The maximum absolute atomic E-state index is 12.6. The van der Waals surface area contributed by atoms with Crippen LogP contribution in [0.3, 0.4) is 0 Å². The Bertz CT molecular complexity index is 592. The van der Waals surface area contributed by atoms with E-state index < -0.39 is 5.92 Å². The first-order valence-electron chi connectivity index (χ1n) is 8.53. The summed E-state index contributed by atoms with van der Waals surface area (Å²) in [6.07, 6.45) is 2.21. The molecule has 0 radical (unpaired) electrons. The number of esters is 1. The van der Waals surface area contributed by atoms with E-state index in [1.165, 1.54) is 0 Å². The Morgan fingerprint density at radius 2 is 1.96 bits per heavy atom. The van der Waals surface area contributed by atoms with Crippen molar-refractivity contribution in [1.82, 2.24) is 4.90 Å². The molecule has 2 bridgehead atoms. The van der Waals surface area contributed by atoms with Crippen LogP contribution in [0, 0.1) is 0 Å². The Hall–Kier alpha value is -0.700. The summed E-state index contributed by atoms with van der Waals surface area (Å²) in [6.45, 7) is 1.97. The van der Waals surface area contributed by atoms with Gasteiger partial charge in [-0.25, -0.2) is 0 Å². The molecule has 6 unspecified atom stereocenters. The molecule has 3 aliphatic rings. The molecule has 0 aliphatic carbocycles. The number of ether oxygens (including phenoxy) is 2. The summed E-state index contributed by atoms with van der Waals surface area (Å²) >= 11 is 2.45. The van der Waals surface area contributed by atoms with Gasteiger partial charge in [-0.3, -0.25) is 9.69 Å². The quantitative estimate of drug-likeness (QED) is 0.248. The largest absolute Gasteiger partial charge is 0.462 e. The number of carbonyl (C=O) groups excluding carboxylic acids is 1. The van der Waals surface area contributed by atoms with Crippen molar-refractivity contribution in [1.29, 1.82) is 0 Å². The fourth-order valence-corrected chi connectivity index (χ4v) is 5.19. The van der Waals surface area contributed by atoms with Gasteiger partial charge >= 0.3 is 5.97 Å². The first-order valence-corrected chi connectivity index (χ1v) is 9.78. The number of fused-ring (bicyclic) bond motifs is 5. The smallest absolute Gasteiger partial charge is 0.316 e. The van der Waals surface area contributed by atoms with E-state index in [4.69, 9.17) is 9.47 Å². The number of benzene rings is 1. The molecule has 6 atom stereocenters. The predicted octanol–water partition coefficient (Wildman–Crippen LogP) is 2.07. The first-order chi connectivity index (χ1) is 11.6. The van der Waals surface area contributed by atoms with Crippen LogP contribution < -0.4 is 0 Å². The van der Waals surface area contributed by atoms with Crippen LogP contribution in [-0.2, 0) is 14.3 Å². The maximum Gasteiger partial charge on any atom is 0.316 e. The molecule has 24 heavy (non-hydrogen) atoms. The third kappa shape index (κ3) is 2.87. The Balaban J connectivity index is 1.42. The van der Waals surface area contributed by atoms with Gasteiger partial charge in [-0.15, -0.1) is 0 Å². The number of aliphatic hydroxyl groups is 1. The summed E-state index contributed by atoms with van der Waals surface area (Å²) in [5.74, 6) is -0.921. The molecule has 3 heterocycles. The lowest BCUT2D eigenvalue weighted by atomic mass is 9.97. The van der Waals surface area contributed by atoms with Crippen LogP contribution in [-0.4, -0.2) is 57.0 Å². The van der Waals surface area contributed by atoms with Crippen LogP contribution in [0.5, 0.6) is 0 Å². The SMILES string of the molecule is CC(I)N1C2CC(OC(=O)C(CO)c3ccccc3)CC1C1OC12. The molecule has 1 aromatic rings. The lowest BCUT2D eigenvalue weighted by Crippen LogP contribution is -2.52. The molecule has 0 amide bonds. The second-order valence-corrected chi connectivity index (χ2v) is 8.70. The molecular weight excluding hydrogens is 421 g/mol. The number of hydrogen-bond donors (Lipinski definition) is 1. The van der Waals surface area contributed by atoms with Gasteiger partial charge in [0, 0.05) is 24.9 Å². The van der Waals surface area contributed by atoms with Crippen molar-refractivity contribution < 1.29 is 19.4 Å². The van der Waals surface area contributed by atoms with Crippen molar-refractivity contribution in [2.45, 2.75) is 60.1 Å². The highest BCUT2D eigenvalue weighted by molar-refractivity contribution is 14.1. The predicted molar refractivity (Wildman–Crippen MR) is 96.9 cm³/mol. The Morgan fingerprint density at radius 1 is 1.33 bits per heavy atom. The number of aliphatic hydroxyl groups excluding tert-OH is 1. The molecule has 3 aliphatic heterocycles. The zero-order valence-electron chi connectivity index (χ0n) is 13.5. The lowest BCUT2D eigenvalue weighted by Gasteiger charge is -2.42. The van der Waals surface area contributed by atoms with Gasteiger partial charge < -0.3 is 14.6 Å². The minimum Gasteiger partial charge on any atom is -0.462 e. The van der Waals surface area contributed by atoms with Crippen molar-refractivity contribution in [3.63, 3.8) is 0 Å². The van der Waals surface area contributed by atoms with E-state index in [0.717, 1.165) is 18.4 Å². The number of alkyl halides is 1. The van der Waals surface area contributed by atoms with Crippen molar-refractivity contribution in [2.24, 2.45) is 0 Å². The monoisotopic (exact) mass is 443 g/mol. The van der Waals surface area contributed by atoms with E-state index in [-0.39, 0.29) is 18.7 Å². The van der Waals surface area contributed by atoms with Crippen LogP contribution in [0.4, 0.5) is 0 Å². The summed E-state index contributed by atoms with van der Waals surface area (Å²) in [6, 6.07) is 10.1. The number of halogens is 1. The van der Waals surface area contributed by atoms with E-state index >= 15 is 0 Å². The van der Waals surface area contributed by atoms with Crippen LogP contribution in [0.1, 0.15) is 31.2 Å². The highest BCUT2D eigenvalue weighted by atomic mass is 127. The van der Waals surface area contributed by atoms with Gasteiger partial charge in [0.1, 0.15) is 24.2 Å². The molecule has 1 N–H and O–H groups in total. The maximum atomic E-state index is 12.6. The first kappa shape index (κ1) is 16.8. The number of rotatable bonds is 5. The molecule has 3 saturated heterocycles. The highest BCUT2D eigenvalue weighted by Gasteiger charge is 2.64. The van der Waals surface area contributed by atoms with E-state index in [1.807, 2.05) is 30.3 Å². The minimum absolute atomic E-state index is 0.0759. The van der Waals surface area contributed by atoms with Gasteiger partial charge in [0.25, 0.3) is 0 Å². The van der Waals surface area contributed by atoms with E-state index in [1.54, 1.807) is 0 Å². The summed E-state index contributed by atoms with van der Waals surface area (Å²) in [5.41, 5.74) is 0.803. The summed E-state index contributed by atoms with van der Waals surface area (Å²) in [5, 5.41) is 9.63. The summed E-state index contributed by atoms with van der Waals surface area (Å²) < 4.78 is 12.0. The second-order valence-electron chi connectivity index (χ2n) is 6.90. The number of hydrogen-bond acceptors (Lipinski definition) is 5. The molecule has 0 spiro atoms. The van der Waals surface area contributed by atoms with Gasteiger partial charge in [0.2, 0.25) is 0 Å². The van der Waals surface area contributed by atoms with Gasteiger partial charge in [0.05, 0.1) is 10.7 Å². The van der Waals surface area contributed by atoms with Crippen LogP contribution in [0.15, 0.2) is 30.3 Å². The number of epoxide rings is 1. The topological polar surface area (TPSA) is 62.3 Å². The molecule has 5 nitrogen and oxygen atoms in total. The van der Waals surface area contributed by atoms with E-state index in [0.29, 0.717) is 28.3 Å². The van der Waals surface area contributed by atoms with Gasteiger partial charge in [0.15, 0.2) is 0 Å². The summed E-state index contributed by atoms with van der Waals surface area (Å²) in [7, 11) is 0. The fraction of sp³-hybridized carbons (Fsp3) is 0.611. The zero-order valence-corrected chi connectivity index (χ0v) is 15.7. The second kappa shape index (κ2) is 6.55. The molecule has 130 valence electrons. The van der Waals surface area contributed by atoms with Crippen LogP contribution in [0.2, 0.25) is 0 Å². The standard InChI is InChI=1S/C18H22INO4/c1-10(19)20-14-7-12(8-15(20)17-16(14)24-17)23-18(22)13(9-21)11-5-3-2-4-6-11/h2-6,10,12-17,21H,7-9H2,1H3. The fourth-order valence-electron chi connectivity index (χ4n) is 4.36. The van der Waals surface area contributed by atoms with Crippen molar-refractivity contribution in [2.75, 3.05) is 6.61 Å². The normalized spacial score (nSPS) is 36.7. The molecule has 3 fully saturated rings.